The number of aromatic nitrogens is 2. The summed E-state index contributed by atoms with van der Waals surface area (Å²) in [5, 5.41) is 5.80. The molecule has 0 fully saturated rings. The number of alkyl halides is 3. The van der Waals surface area contributed by atoms with Crippen LogP contribution >= 0.6 is 0 Å². The van der Waals surface area contributed by atoms with E-state index in [-0.39, 0.29) is 18.4 Å². The molecule has 0 bridgehead atoms. The SMILES string of the molecule is CC(C)c1noc(CNCC(F)(F)F)n1. The second kappa shape index (κ2) is 4.61. The fourth-order valence-corrected chi connectivity index (χ4v) is 0.886. The van der Waals surface area contributed by atoms with E-state index < -0.39 is 12.7 Å². The maximum atomic E-state index is 11.8. The summed E-state index contributed by atoms with van der Waals surface area (Å²) in [6, 6.07) is 0. The van der Waals surface area contributed by atoms with E-state index in [0.29, 0.717) is 5.82 Å². The van der Waals surface area contributed by atoms with Gasteiger partial charge in [-0.15, -0.1) is 0 Å². The Hall–Kier alpha value is -1.11. The van der Waals surface area contributed by atoms with Crippen LogP contribution in [0.25, 0.3) is 0 Å². The van der Waals surface area contributed by atoms with Gasteiger partial charge in [0, 0.05) is 5.92 Å². The number of hydrogen-bond acceptors (Lipinski definition) is 4. The first-order valence-electron chi connectivity index (χ1n) is 4.48. The van der Waals surface area contributed by atoms with E-state index in [4.69, 9.17) is 4.52 Å². The molecule has 0 saturated heterocycles. The third-order valence-corrected chi connectivity index (χ3v) is 1.60. The maximum absolute atomic E-state index is 11.8. The fourth-order valence-electron chi connectivity index (χ4n) is 0.886. The molecule has 1 N–H and O–H groups in total. The average Bonchev–Trinajstić information content (AvgIpc) is 2.50. The quantitative estimate of drug-likeness (QED) is 0.846. The van der Waals surface area contributed by atoms with E-state index in [0.717, 1.165) is 0 Å². The van der Waals surface area contributed by atoms with E-state index in [1.807, 2.05) is 13.8 Å². The third kappa shape index (κ3) is 4.28. The molecule has 1 aromatic heterocycles. The van der Waals surface area contributed by atoms with Crippen molar-refractivity contribution in [3.63, 3.8) is 0 Å². The first-order chi connectivity index (χ1) is 6.88. The molecule has 0 radical (unpaired) electrons. The standard InChI is InChI=1S/C8H12F3N3O/c1-5(2)7-13-6(15-14-7)3-12-4-8(9,10)11/h5,12H,3-4H2,1-2H3. The topological polar surface area (TPSA) is 51.0 Å². The Morgan fingerprint density at radius 2 is 2.07 bits per heavy atom. The predicted octanol–water partition coefficient (Wildman–Crippen LogP) is 1.84. The summed E-state index contributed by atoms with van der Waals surface area (Å²) in [4.78, 5) is 3.92. The maximum Gasteiger partial charge on any atom is 0.401 e. The Balaban J connectivity index is 2.38. The minimum absolute atomic E-state index is 0.0702. The molecule has 0 aliphatic carbocycles. The Morgan fingerprint density at radius 1 is 1.40 bits per heavy atom. The molecule has 7 heteroatoms. The van der Waals surface area contributed by atoms with Crippen LogP contribution in [0.15, 0.2) is 4.52 Å². The molecular weight excluding hydrogens is 211 g/mol. The van der Waals surface area contributed by atoms with Crippen molar-refractivity contribution in [2.75, 3.05) is 6.54 Å². The lowest BCUT2D eigenvalue weighted by atomic mass is 10.2. The second-order valence-corrected chi connectivity index (χ2v) is 3.42. The van der Waals surface area contributed by atoms with Gasteiger partial charge in [-0.2, -0.15) is 18.2 Å². The zero-order valence-electron chi connectivity index (χ0n) is 8.43. The lowest BCUT2D eigenvalue weighted by Crippen LogP contribution is -2.28. The van der Waals surface area contributed by atoms with Crippen LogP contribution in [0.5, 0.6) is 0 Å². The molecule has 1 heterocycles. The molecular formula is C8H12F3N3O. The van der Waals surface area contributed by atoms with Crippen molar-refractivity contribution in [3.8, 4) is 0 Å². The minimum Gasteiger partial charge on any atom is -0.338 e. The van der Waals surface area contributed by atoms with Crippen LogP contribution in [-0.2, 0) is 6.54 Å². The summed E-state index contributed by atoms with van der Waals surface area (Å²) in [7, 11) is 0. The molecule has 0 unspecified atom stereocenters. The summed E-state index contributed by atoms with van der Waals surface area (Å²) in [5.74, 6) is 0.770. The van der Waals surface area contributed by atoms with E-state index in [1.54, 1.807) is 0 Å². The average molecular weight is 223 g/mol. The minimum atomic E-state index is -4.22. The monoisotopic (exact) mass is 223 g/mol. The highest BCUT2D eigenvalue weighted by molar-refractivity contribution is 4.91. The van der Waals surface area contributed by atoms with Gasteiger partial charge in [0.05, 0.1) is 13.1 Å². The van der Waals surface area contributed by atoms with E-state index in [9.17, 15) is 13.2 Å². The van der Waals surface area contributed by atoms with Crippen molar-refractivity contribution < 1.29 is 17.7 Å². The van der Waals surface area contributed by atoms with Crippen LogP contribution in [0.2, 0.25) is 0 Å². The summed E-state index contributed by atoms with van der Waals surface area (Å²) in [6.07, 6.45) is -4.22. The lowest BCUT2D eigenvalue weighted by molar-refractivity contribution is -0.125. The van der Waals surface area contributed by atoms with Crippen molar-refractivity contribution >= 4 is 0 Å². The van der Waals surface area contributed by atoms with Gasteiger partial charge in [0.1, 0.15) is 0 Å². The van der Waals surface area contributed by atoms with Crippen LogP contribution in [0, 0.1) is 0 Å². The van der Waals surface area contributed by atoms with Crippen LogP contribution in [-0.4, -0.2) is 22.9 Å². The number of nitrogens with zero attached hydrogens (tertiary/aromatic N) is 2. The predicted molar refractivity (Wildman–Crippen MR) is 46.1 cm³/mol. The first kappa shape index (κ1) is 12.0. The molecule has 0 aliphatic heterocycles. The highest BCUT2D eigenvalue weighted by Crippen LogP contribution is 2.13. The molecule has 0 aliphatic rings. The van der Waals surface area contributed by atoms with Gasteiger partial charge in [0.25, 0.3) is 0 Å². The number of halogens is 3. The zero-order valence-corrected chi connectivity index (χ0v) is 8.43. The molecule has 0 saturated carbocycles. The Bertz CT molecular complexity index is 308. The van der Waals surface area contributed by atoms with Crippen LogP contribution in [0.3, 0.4) is 0 Å². The Morgan fingerprint density at radius 3 is 2.53 bits per heavy atom. The molecule has 0 amide bonds. The Kier molecular flexibility index (Phi) is 3.67. The normalized spacial score (nSPS) is 12.4. The number of hydrogen-bond donors (Lipinski definition) is 1. The van der Waals surface area contributed by atoms with Gasteiger partial charge in [-0.3, -0.25) is 0 Å². The third-order valence-electron chi connectivity index (χ3n) is 1.60. The summed E-state index contributed by atoms with van der Waals surface area (Å²) < 4.78 is 40.0. The summed E-state index contributed by atoms with van der Waals surface area (Å²) in [5.41, 5.74) is 0. The summed E-state index contributed by atoms with van der Waals surface area (Å²) >= 11 is 0. The van der Waals surface area contributed by atoms with E-state index in [1.165, 1.54) is 0 Å². The lowest BCUT2D eigenvalue weighted by Gasteiger charge is -2.05. The highest BCUT2D eigenvalue weighted by Gasteiger charge is 2.26. The van der Waals surface area contributed by atoms with Gasteiger partial charge < -0.3 is 9.84 Å². The molecule has 1 rings (SSSR count). The first-order valence-corrected chi connectivity index (χ1v) is 4.48. The molecule has 15 heavy (non-hydrogen) atoms. The summed E-state index contributed by atoms with van der Waals surface area (Å²) in [6.45, 7) is 2.61. The van der Waals surface area contributed by atoms with Gasteiger partial charge in [0.2, 0.25) is 5.89 Å². The molecule has 0 aromatic carbocycles. The molecule has 4 nitrogen and oxygen atoms in total. The number of rotatable bonds is 4. The van der Waals surface area contributed by atoms with Gasteiger partial charge >= 0.3 is 6.18 Å². The van der Waals surface area contributed by atoms with Crippen molar-refractivity contribution in [2.45, 2.75) is 32.5 Å². The van der Waals surface area contributed by atoms with Crippen LogP contribution in [0.1, 0.15) is 31.5 Å². The highest BCUT2D eigenvalue weighted by atomic mass is 19.4. The van der Waals surface area contributed by atoms with Gasteiger partial charge in [-0.25, -0.2) is 0 Å². The van der Waals surface area contributed by atoms with Gasteiger partial charge in [-0.1, -0.05) is 19.0 Å². The molecule has 0 atom stereocenters. The number of nitrogens with one attached hydrogen (secondary N) is 1. The van der Waals surface area contributed by atoms with Crippen molar-refractivity contribution in [1.29, 1.82) is 0 Å². The van der Waals surface area contributed by atoms with Crippen LogP contribution < -0.4 is 5.32 Å². The molecule has 1 aromatic rings. The van der Waals surface area contributed by atoms with Gasteiger partial charge in [0.15, 0.2) is 5.82 Å². The fraction of sp³-hybridized carbons (Fsp3) is 0.750. The van der Waals surface area contributed by atoms with Crippen molar-refractivity contribution in [3.05, 3.63) is 11.7 Å². The zero-order chi connectivity index (χ0) is 11.5. The van der Waals surface area contributed by atoms with E-state index in [2.05, 4.69) is 15.5 Å². The molecule has 86 valence electrons. The van der Waals surface area contributed by atoms with Crippen molar-refractivity contribution in [1.82, 2.24) is 15.5 Å². The van der Waals surface area contributed by atoms with Crippen LogP contribution in [0.4, 0.5) is 13.2 Å². The van der Waals surface area contributed by atoms with Crippen molar-refractivity contribution in [2.24, 2.45) is 0 Å². The second-order valence-electron chi connectivity index (χ2n) is 3.42. The van der Waals surface area contributed by atoms with Gasteiger partial charge in [-0.05, 0) is 0 Å². The molecule has 0 spiro atoms. The van der Waals surface area contributed by atoms with E-state index >= 15 is 0 Å². The largest absolute Gasteiger partial charge is 0.401 e. The Labute approximate surface area is 84.9 Å². The smallest absolute Gasteiger partial charge is 0.338 e.